The molecule has 0 aromatic heterocycles. The normalized spacial score (nSPS) is 32.2. The predicted molar refractivity (Wildman–Crippen MR) is 32.2 cm³/mol. The van der Waals surface area contributed by atoms with E-state index in [1.165, 1.54) is 0 Å². The van der Waals surface area contributed by atoms with Crippen molar-refractivity contribution in [2.45, 2.75) is 19.8 Å². The van der Waals surface area contributed by atoms with Crippen LogP contribution in [0.2, 0.25) is 0 Å². The minimum absolute atomic E-state index is 0.257. The minimum atomic E-state index is -0.257. The maximum Gasteiger partial charge on any atom is 0.123 e. The molecule has 0 radical (unpaired) electrons. The van der Waals surface area contributed by atoms with Gasteiger partial charge in [0.1, 0.15) is 5.94 Å². The van der Waals surface area contributed by atoms with Crippen LogP contribution in [0.5, 0.6) is 0 Å². The van der Waals surface area contributed by atoms with Crippen LogP contribution in [0.3, 0.4) is 0 Å². The van der Waals surface area contributed by atoms with Gasteiger partial charge in [-0.15, -0.1) is 0 Å². The van der Waals surface area contributed by atoms with Gasteiger partial charge in [-0.3, -0.25) is 0 Å². The van der Waals surface area contributed by atoms with Crippen LogP contribution in [0.1, 0.15) is 19.8 Å². The summed E-state index contributed by atoms with van der Waals surface area (Å²) in [6.45, 7) is 1.86. The van der Waals surface area contributed by atoms with Crippen LogP contribution in [-0.4, -0.2) is 5.94 Å². The molecule has 1 aliphatic carbocycles. The van der Waals surface area contributed by atoms with Gasteiger partial charge >= 0.3 is 0 Å². The van der Waals surface area contributed by atoms with Crippen LogP contribution in [0.15, 0.2) is 5.57 Å². The van der Waals surface area contributed by atoms with E-state index in [4.69, 9.17) is 5.26 Å². The maximum absolute atomic E-state index is 9.92. The summed E-state index contributed by atoms with van der Waals surface area (Å²) >= 11 is 0. The highest BCUT2D eigenvalue weighted by Gasteiger charge is 2.36. The van der Waals surface area contributed by atoms with Gasteiger partial charge in [0.15, 0.2) is 0 Å². The van der Waals surface area contributed by atoms with E-state index < -0.39 is 0 Å². The van der Waals surface area contributed by atoms with E-state index in [1.54, 1.807) is 5.94 Å². The molecule has 46 valence electrons. The fraction of sp³-hybridized carbons (Fsp3) is 0.571. The first-order chi connectivity index (χ1) is 4.20. The van der Waals surface area contributed by atoms with Crippen molar-refractivity contribution >= 4 is 5.94 Å². The zero-order valence-electron chi connectivity index (χ0n) is 5.27. The van der Waals surface area contributed by atoms with Crippen LogP contribution < -0.4 is 0 Å². The Bertz CT molecular complexity index is 210. The largest absolute Gasteiger partial charge is 0.234 e. The summed E-state index contributed by atoms with van der Waals surface area (Å²) < 4.78 is 0. The third-order valence-corrected chi connectivity index (χ3v) is 1.62. The van der Waals surface area contributed by atoms with Crippen molar-refractivity contribution < 1.29 is 4.79 Å². The SMILES string of the molecule is CC1(C#N)CC(=C=O)C1. The molecule has 0 aromatic rings. The first-order valence-electron chi connectivity index (χ1n) is 2.84. The highest BCUT2D eigenvalue weighted by molar-refractivity contribution is 5.56. The van der Waals surface area contributed by atoms with Gasteiger partial charge in [0.25, 0.3) is 0 Å². The Balaban J connectivity index is 2.64. The average molecular weight is 121 g/mol. The fourth-order valence-electron chi connectivity index (χ4n) is 1.04. The monoisotopic (exact) mass is 121 g/mol. The van der Waals surface area contributed by atoms with E-state index in [2.05, 4.69) is 6.07 Å². The molecule has 0 spiro atoms. The zero-order chi connectivity index (χ0) is 6.91. The smallest absolute Gasteiger partial charge is 0.123 e. The maximum atomic E-state index is 9.92. The first-order valence-corrected chi connectivity index (χ1v) is 2.84. The van der Waals surface area contributed by atoms with E-state index >= 15 is 0 Å². The number of nitrogens with zero attached hydrogens (tertiary/aromatic N) is 1. The van der Waals surface area contributed by atoms with Gasteiger partial charge in [0.2, 0.25) is 0 Å². The molecule has 1 rings (SSSR count). The van der Waals surface area contributed by atoms with E-state index in [0.717, 1.165) is 5.57 Å². The number of allylic oxidation sites excluding steroid dienone is 1. The number of nitriles is 1. The van der Waals surface area contributed by atoms with Crippen LogP contribution in [0.4, 0.5) is 0 Å². The Morgan fingerprint density at radius 1 is 1.67 bits per heavy atom. The van der Waals surface area contributed by atoms with Crippen molar-refractivity contribution in [1.29, 1.82) is 5.26 Å². The van der Waals surface area contributed by atoms with Crippen molar-refractivity contribution in [3.05, 3.63) is 5.57 Å². The van der Waals surface area contributed by atoms with Gasteiger partial charge in [0.05, 0.1) is 11.5 Å². The molecule has 1 aliphatic rings. The Labute approximate surface area is 53.8 Å². The van der Waals surface area contributed by atoms with Crippen molar-refractivity contribution in [3.8, 4) is 6.07 Å². The lowest BCUT2D eigenvalue weighted by molar-refractivity contribution is 0.339. The van der Waals surface area contributed by atoms with E-state index in [9.17, 15) is 4.79 Å². The molecule has 0 amide bonds. The molecule has 0 unspecified atom stereocenters. The second-order valence-corrected chi connectivity index (χ2v) is 2.73. The lowest BCUT2D eigenvalue weighted by atomic mass is 9.69. The van der Waals surface area contributed by atoms with Crippen molar-refractivity contribution in [2.75, 3.05) is 0 Å². The average Bonchev–Trinajstić information content (AvgIpc) is 1.81. The molecule has 0 atom stereocenters. The van der Waals surface area contributed by atoms with Crippen molar-refractivity contribution in [2.24, 2.45) is 5.41 Å². The highest BCUT2D eigenvalue weighted by Crippen LogP contribution is 2.42. The molecular formula is C7H7NO. The number of hydrogen-bond acceptors (Lipinski definition) is 2. The molecule has 0 saturated heterocycles. The Hall–Kier alpha value is -1.06. The third kappa shape index (κ3) is 0.872. The molecule has 0 aliphatic heterocycles. The zero-order valence-corrected chi connectivity index (χ0v) is 5.27. The van der Waals surface area contributed by atoms with Crippen LogP contribution in [0, 0.1) is 16.7 Å². The number of hydrogen-bond donors (Lipinski definition) is 0. The fourth-order valence-corrected chi connectivity index (χ4v) is 1.04. The Morgan fingerprint density at radius 2 is 2.22 bits per heavy atom. The topological polar surface area (TPSA) is 40.9 Å². The molecule has 0 aromatic carbocycles. The molecule has 9 heavy (non-hydrogen) atoms. The van der Waals surface area contributed by atoms with Gasteiger partial charge in [-0.25, -0.2) is 4.79 Å². The second kappa shape index (κ2) is 1.72. The molecule has 2 nitrogen and oxygen atoms in total. The number of rotatable bonds is 0. The minimum Gasteiger partial charge on any atom is -0.234 e. The van der Waals surface area contributed by atoms with Crippen LogP contribution >= 0.6 is 0 Å². The molecule has 0 heterocycles. The lowest BCUT2D eigenvalue weighted by Crippen LogP contribution is -2.26. The lowest BCUT2D eigenvalue weighted by Gasteiger charge is -2.31. The molecule has 1 saturated carbocycles. The van der Waals surface area contributed by atoms with Crippen LogP contribution in [-0.2, 0) is 4.79 Å². The predicted octanol–water partition coefficient (Wildman–Crippen LogP) is 1.07. The summed E-state index contributed by atoms with van der Waals surface area (Å²) in [6, 6.07) is 2.14. The molecular weight excluding hydrogens is 114 g/mol. The summed E-state index contributed by atoms with van der Waals surface area (Å²) in [6.07, 6.45) is 1.24. The summed E-state index contributed by atoms with van der Waals surface area (Å²) in [5.74, 6) is 1.81. The standard InChI is InChI=1S/C7H7NO/c1-7(5-8)2-6(3-7)4-9/h2-3H2,1H3. The van der Waals surface area contributed by atoms with Gasteiger partial charge in [-0.05, 0) is 19.8 Å². The quantitative estimate of drug-likeness (QED) is 0.450. The Kier molecular flexibility index (Phi) is 1.16. The van der Waals surface area contributed by atoms with Gasteiger partial charge in [-0.1, -0.05) is 0 Å². The molecule has 0 N–H and O–H groups in total. The summed E-state index contributed by atoms with van der Waals surface area (Å²) in [5.41, 5.74) is 0.492. The van der Waals surface area contributed by atoms with Gasteiger partial charge < -0.3 is 0 Å². The molecule has 0 bridgehead atoms. The third-order valence-electron chi connectivity index (χ3n) is 1.62. The van der Waals surface area contributed by atoms with Crippen LogP contribution in [0.25, 0.3) is 0 Å². The van der Waals surface area contributed by atoms with E-state index in [1.807, 2.05) is 6.92 Å². The summed E-state index contributed by atoms with van der Waals surface area (Å²) in [5, 5.41) is 8.47. The molecule has 1 fully saturated rings. The van der Waals surface area contributed by atoms with Gasteiger partial charge in [-0.2, -0.15) is 5.26 Å². The number of carbonyl (C=O) groups excluding carboxylic acids is 1. The summed E-state index contributed by atoms with van der Waals surface area (Å²) in [4.78, 5) is 9.92. The van der Waals surface area contributed by atoms with Crippen molar-refractivity contribution in [1.82, 2.24) is 0 Å². The van der Waals surface area contributed by atoms with Gasteiger partial charge in [0, 0.05) is 5.57 Å². The van der Waals surface area contributed by atoms with Crippen molar-refractivity contribution in [3.63, 3.8) is 0 Å². The second-order valence-electron chi connectivity index (χ2n) is 2.73. The van der Waals surface area contributed by atoms with E-state index in [-0.39, 0.29) is 5.41 Å². The highest BCUT2D eigenvalue weighted by atomic mass is 16.1. The first kappa shape index (κ1) is 6.07. The Morgan fingerprint density at radius 3 is 2.56 bits per heavy atom. The summed E-state index contributed by atoms with van der Waals surface area (Å²) in [7, 11) is 0. The van der Waals surface area contributed by atoms with E-state index in [0.29, 0.717) is 12.8 Å². The molecule has 2 heteroatoms.